The number of rotatable bonds is 2. The minimum absolute atomic E-state index is 0.168. The molecule has 1 spiro atoms. The molecule has 2 fully saturated rings. The topological polar surface area (TPSA) is 80.8 Å². The van der Waals surface area contributed by atoms with Crippen molar-refractivity contribution in [3.05, 3.63) is 99.8 Å². The monoisotopic (exact) mass is 519 g/mol. The van der Waals surface area contributed by atoms with E-state index in [0.717, 1.165) is 17.0 Å². The van der Waals surface area contributed by atoms with E-state index in [4.69, 9.17) is 4.74 Å². The number of imide groups is 1. The van der Waals surface area contributed by atoms with Gasteiger partial charge in [-0.3, -0.25) is 19.2 Å². The molecule has 0 saturated carbocycles. The van der Waals surface area contributed by atoms with Crippen LogP contribution in [0.15, 0.2) is 77.3 Å². The number of hydrogen-bond donors (Lipinski definition) is 0. The van der Waals surface area contributed by atoms with Crippen LogP contribution in [0.3, 0.4) is 0 Å². The summed E-state index contributed by atoms with van der Waals surface area (Å²) in [6.45, 7) is 0. The van der Waals surface area contributed by atoms with Gasteiger partial charge in [0, 0.05) is 15.6 Å². The fourth-order valence-electron chi connectivity index (χ4n) is 5.35. The maximum atomic E-state index is 13.7. The highest BCUT2D eigenvalue weighted by molar-refractivity contribution is 9.10. The Morgan fingerprint density at radius 1 is 0.824 bits per heavy atom. The van der Waals surface area contributed by atoms with Gasteiger partial charge in [0.1, 0.15) is 5.82 Å². The maximum Gasteiger partial charge on any atom is 0.241 e. The molecule has 2 amide bonds. The summed E-state index contributed by atoms with van der Waals surface area (Å²) in [6.07, 6.45) is -1.01. The van der Waals surface area contributed by atoms with Crippen molar-refractivity contribution >= 4 is 45.0 Å². The molecule has 3 aromatic rings. The van der Waals surface area contributed by atoms with E-state index >= 15 is 0 Å². The van der Waals surface area contributed by atoms with E-state index in [0.29, 0.717) is 10.0 Å². The van der Waals surface area contributed by atoms with Gasteiger partial charge in [0.25, 0.3) is 0 Å². The third-order valence-electron chi connectivity index (χ3n) is 6.78. The van der Waals surface area contributed by atoms with E-state index in [1.165, 1.54) is 24.3 Å². The molecule has 6 rings (SSSR count). The van der Waals surface area contributed by atoms with Crippen LogP contribution in [0.4, 0.5) is 10.1 Å². The lowest BCUT2D eigenvalue weighted by Gasteiger charge is -2.27. The molecule has 0 N–H and O–H groups in total. The van der Waals surface area contributed by atoms with Crippen molar-refractivity contribution in [1.29, 1.82) is 0 Å². The molecule has 0 unspecified atom stereocenters. The van der Waals surface area contributed by atoms with E-state index in [9.17, 15) is 23.6 Å². The van der Waals surface area contributed by atoms with Crippen LogP contribution in [0.2, 0.25) is 0 Å². The second-order valence-corrected chi connectivity index (χ2v) is 9.44. The molecule has 2 saturated heterocycles. The van der Waals surface area contributed by atoms with Gasteiger partial charge in [0.2, 0.25) is 29.0 Å². The molecule has 1 aliphatic carbocycles. The molecule has 8 heteroatoms. The molecular weight excluding hydrogens is 505 g/mol. The molecule has 3 aliphatic rings. The van der Waals surface area contributed by atoms with E-state index in [-0.39, 0.29) is 16.8 Å². The van der Waals surface area contributed by atoms with Gasteiger partial charge in [-0.15, -0.1) is 0 Å². The van der Waals surface area contributed by atoms with Gasteiger partial charge in [0.05, 0.1) is 23.6 Å². The molecule has 34 heavy (non-hydrogen) atoms. The Balaban J connectivity index is 1.55. The normalized spacial score (nSPS) is 24.8. The van der Waals surface area contributed by atoms with Crippen LogP contribution >= 0.6 is 15.9 Å². The van der Waals surface area contributed by atoms with Crippen molar-refractivity contribution in [3.8, 4) is 0 Å². The minimum atomic E-state index is -2.14. The number of ether oxygens (including phenoxy) is 1. The van der Waals surface area contributed by atoms with E-state index in [1.807, 2.05) is 0 Å². The molecule has 3 aromatic carbocycles. The fraction of sp³-hybridized carbons (Fsp3) is 0.154. The largest absolute Gasteiger partial charge is 0.349 e. The Morgan fingerprint density at radius 2 is 1.47 bits per heavy atom. The number of ketones is 2. The highest BCUT2D eigenvalue weighted by Crippen LogP contribution is 2.57. The van der Waals surface area contributed by atoms with Gasteiger partial charge in [-0.05, 0) is 42.0 Å². The summed E-state index contributed by atoms with van der Waals surface area (Å²) in [6, 6.07) is 18.2. The summed E-state index contributed by atoms with van der Waals surface area (Å²) >= 11 is 3.40. The predicted molar refractivity (Wildman–Crippen MR) is 122 cm³/mol. The summed E-state index contributed by atoms with van der Waals surface area (Å²) < 4.78 is 20.4. The number of benzene rings is 3. The maximum absolute atomic E-state index is 13.7. The number of hydrogen-bond acceptors (Lipinski definition) is 5. The highest BCUT2D eigenvalue weighted by Gasteiger charge is 2.74. The molecular formula is C26H15BrFNO5. The predicted octanol–water partition coefficient (Wildman–Crippen LogP) is 4.28. The third-order valence-corrected chi connectivity index (χ3v) is 7.27. The summed E-state index contributed by atoms with van der Waals surface area (Å²) in [4.78, 5) is 55.7. The number of nitrogens with zero attached hydrogens (tertiary/aromatic N) is 1. The highest BCUT2D eigenvalue weighted by atomic mass is 79.9. The lowest BCUT2D eigenvalue weighted by atomic mass is 9.77. The van der Waals surface area contributed by atoms with Crippen molar-refractivity contribution in [1.82, 2.24) is 0 Å². The van der Waals surface area contributed by atoms with E-state index in [1.54, 1.807) is 36.4 Å². The number of Topliss-reactive ketones (excluding diaryl/α,β-unsaturated/α-hetero) is 2. The smallest absolute Gasteiger partial charge is 0.241 e. The third kappa shape index (κ3) is 2.63. The molecule has 0 aromatic heterocycles. The number of carbonyl (C=O) groups excluding carboxylic acids is 4. The zero-order valence-corrected chi connectivity index (χ0v) is 19.0. The second-order valence-electron chi connectivity index (χ2n) is 8.52. The minimum Gasteiger partial charge on any atom is -0.349 e. The quantitative estimate of drug-likeness (QED) is 0.372. The van der Waals surface area contributed by atoms with Crippen LogP contribution in [0.1, 0.15) is 32.4 Å². The van der Waals surface area contributed by atoms with Crippen LogP contribution in [-0.2, 0) is 14.3 Å². The van der Waals surface area contributed by atoms with E-state index < -0.39 is 52.7 Å². The van der Waals surface area contributed by atoms with Crippen molar-refractivity contribution in [2.75, 3.05) is 4.90 Å². The first kappa shape index (κ1) is 21.1. The van der Waals surface area contributed by atoms with Gasteiger partial charge in [-0.25, -0.2) is 9.29 Å². The molecule has 168 valence electrons. The van der Waals surface area contributed by atoms with E-state index in [2.05, 4.69) is 15.9 Å². The standard InChI is InChI=1S/C26H15BrFNO5/c27-14-5-3-4-13(12-14)21-19-20(25(33)29(24(19)32)16-10-8-15(28)9-11-16)26(34-21)22(30)17-6-1-2-7-18(17)23(26)31/h1-12,19-21H/t19-,20-,21-/m0/s1. The van der Waals surface area contributed by atoms with Crippen LogP contribution in [0, 0.1) is 17.7 Å². The lowest BCUT2D eigenvalue weighted by Crippen LogP contribution is -2.51. The molecule has 3 atom stereocenters. The first-order chi connectivity index (χ1) is 16.3. The summed E-state index contributed by atoms with van der Waals surface area (Å²) in [7, 11) is 0. The Kier molecular flexibility index (Phi) is 4.49. The first-order valence-electron chi connectivity index (χ1n) is 10.6. The summed E-state index contributed by atoms with van der Waals surface area (Å²) in [5, 5.41) is 0. The number of fused-ring (bicyclic) bond motifs is 3. The second kappa shape index (κ2) is 7.25. The number of carbonyl (C=O) groups is 4. The fourth-order valence-corrected chi connectivity index (χ4v) is 5.76. The average Bonchev–Trinajstić information content (AvgIpc) is 3.40. The zero-order valence-electron chi connectivity index (χ0n) is 17.4. The van der Waals surface area contributed by atoms with Crippen molar-refractivity contribution < 1.29 is 28.3 Å². The molecule has 2 aliphatic heterocycles. The summed E-state index contributed by atoms with van der Waals surface area (Å²) in [5.41, 5.74) is -1.07. The van der Waals surface area contributed by atoms with Crippen molar-refractivity contribution in [3.63, 3.8) is 0 Å². The van der Waals surface area contributed by atoms with Gasteiger partial charge in [-0.2, -0.15) is 0 Å². The van der Waals surface area contributed by atoms with Gasteiger partial charge < -0.3 is 4.74 Å². The van der Waals surface area contributed by atoms with Crippen LogP contribution in [-0.4, -0.2) is 29.0 Å². The number of halogens is 2. The van der Waals surface area contributed by atoms with Crippen molar-refractivity contribution in [2.24, 2.45) is 11.8 Å². The Labute approximate surface area is 201 Å². The molecule has 2 heterocycles. The molecule has 0 radical (unpaired) electrons. The number of amides is 2. The SMILES string of the molecule is O=C1[C@H]2[C@@H](C(=O)N1c1ccc(F)cc1)C1(O[C@H]2c2cccc(Br)c2)C(=O)c2ccccc2C1=O. The van der Waals surface area contributed by atoms with Crippen LogP contribution in [0.25, 0.3) is 0 Å². The molecule has 6 nitrogen and oxygen atoms in total. The van der Waals surface area contributed by atoms with Gasteiger partial charge in [0.15, 0.2) is 0 Å². The summed E-state index contributed by atoms with van der Waals surface area (Å²) in [5.74, 6) is -5.53. The average molecular weight is 520 g/mol. The van der Waals surface area contributed by atoms with Crippen LogP contribution in [0.5, 0.6) is 0 Å². The van der Waals surface area contributed by atoms with Gasteiger partial charge in [-0.1, -0.05) is 52.3 Å². The Bertz CT molecular complexity index is 1380. The Hall–Kier alpha value is -3.49. The number of anilines is 1. The Morgan fingerprint density at radius 3 is 2.09 bits per heavy atom. The lowest BCUT2D eigenvalue weighted by molar-refractivity contribution is -0.127. The zero-order chi connectivity index (χ0) is 23.8. The van der Waals surface area contributed by atoms with Gasteiger partial charge >= 0.3 is 0 Å². The molecule has 0 bridgehead atoms. The van der Waals surface area contributed by atoms with Crippen molar-refractivity contribution in [2.45, 2.75) is 11.7 Å². The van der Waals surface area contributed by atoms with Crippen LogP contribution < -0.4 is 4.90 Å². The first-order valence-corrected chi connectivity index (χ1v) is 11.4.